The highest BCUT2D eigenvalue weighted by atomic mass is 35.5. The van der Waals surface area contributed by atoms with Crippen molar-refractivity contribution in [1.29, 1.82) is 0 Å². The molecule has 2 unspecified atom stereocenters. The summed E-state index contributed by atoms with van der Waals surface area (Å²) < 4.78 is 89.1. The van der Waals surface area contributed by atoms with Crippen LogP contribution in [0.5, 0.6) is 0 Å². The molecule has 2 saturated heterocycles. The van der Waals surface area contributed by atoms with E-state index in [1.54, 1.807) is 31.0 Å². The number of hydrogen-bond acceptors (Lipinski definition) is 6. The lowest BCUT2D eigenvalue weighted by Crippen LogP contribution is -2.58. The summed E-state index contributed by atoms with van der Waals surface area (Å²) in [6, 6.07) is 6.42. The summed E-state index contributed by atoms with van der Waals surface area (Å²) in [5, 5.41) is 4.40. The highest BCUT2D eigenvalue weighted by molar-refractivity contribution is 7.86. The molecule has 0 spiro atoms. The first-order chi connectivity index (χ1) is 19.8. The van der Waals surface area contributed by atoms with Gasteiger partial charge in [-0.2, -0.15) is 40.0 Å². The fourth-order valence-electron chi connectivity index (χ4n) is 5.91. The Morgan fingerprint density at radius 1 is 1.12 bits per heavy atom. The number of aromatic nitrogens is 2. The summed E-state index contributed by atoms with van der Waals surface area (Å²) in [5.74, 6) is -2.85. The van der Waals surface area contributed by atoms with Gasteiger partial charge in [0.2, 0.25) is 0 Å². The maximum absolute atomic E-state index is 14.8. The van der Waals surface area contributed by atoms with Gasteiger partial charge in [-0.15, -0.1) is 11.3 Å². The van der Waals surface area contributed by atoms with Crippen molar-refractivity contribution >= 4 is 44.9 Å². The molecule has 228 valence electrons. The first-order valence-corrected chi connectivity index (χ1v) is 16.1. The second-order valence-corrected chi connectivity index (χ2v) is 14.2. The lowest BCUT2D eigenvalue weighted by atomic mass is 9.86. The normalized spacial score (nSPS) is 20.7. The summed E-state index contributed by atoms with van der Waals surface area (Å²) in [5.41, 5.74) is -0.0615. The summed E-state index contributed by atoms with van der Waals surface area (Å²) in [6.45, 7) is 1.86. The molecule has 2 fully saturated rings. The summed E-state index contributed by atoms with van der Waals surface area (Å²) in [7, 11) is -2.75. The standard InChI is InChI=1S/C27H30ClF4N5O3S2/c1-17-23(20-9-7-15-36(24(20)27(30,31)32)42(39,40)35-13-5-6-14-35)33-37(26(38)19-8-3-4-10-21(19)29)25(17)34(2)16-18-11-12-22(28)41-18/h3-4,8,10-12,20,24H,5-7,9,13-16H2,1-2H3. The molecule has 0 amide bonds. The van der Waals surface area contributed by atoms with Crippen LogP contribution in [0.25, 0.3) is 0 Å². The third-order valence-corrected chi connectivity index (χ3v) is 11.0. The Balaban J connectivity index is 1.62. The van der Waals surface area contributed by atoms with E-state index < -0.39 is 40.1 Å². The Bertz CT molecular complexity index is 1570. The summed E-state index contributed by atoms with van der Waals surface area (Å²) in [4.78, 5) is 16.1. The molecule has 1 aromatic carbocycles. The minimum atomic E-state index is -4.91. The Morgan fingerprint density at radius 3 is 2.43 bits per heavy atom. The van der Waals surface area contributed by atoms with Crippen LogP contribution in [0.15, 0.2) is 36.4 Å². The molecule has 0 aliphatic carbocycles. The van der Waals surface area contributed by atoms with Crippen molar-refractivity contribution < 1.29 is 30.8 Å². The average molecular weight is 648 g/mol. The van der Waals surface area contributed by atoms with Crippen molar-refractivity contribution in [1.82, 2.24) is 18.4 Å². The van der Waals surface area contributed by atoms with Crippen molar-refractivity contribution in [3.05, 3.63) is 68.2 Å². The fourth-order valence-corrected chi connectivity index (χ4v) is 8.98. The number of alkyl halides is 3. The van der Waals surface area contributed by atoms with Gasteiger partial charge in [-0.25, -0.2) is 4.39 Å². The SMILES string of the molecule is Cc1c(C2CCCN(S(=O)(=O)N3CCCC3)C2C(F)(F)F)nn(C(=O)c2ccccc2F)c1N(C)Cc1ccc(Cl)s1. The Kier molecular flexibility index (Phi) is 8.74. The molecule has 0 saturated carbocycles. The number of anilines is 1. The Morgan fingerprint density at radius 2 is 1.81 bits per heavy atom. The van der Waals surface area contributed by atoms with Gasteiger partial charge in [0, 0.05) is 43.0 Å². The number of carbonyl (C=O) groups is 1. The predicted molar refractivity (Wildman–Crippen MR) is 153 cm³/mol. The van der Waals surface area contributed by atoms with E-state index in [2.05, 4.69) is 5.10 Å². The minimum absolute atomic E-state index is 0.00558. The quantitative estimate of drug-likeness (QED) is 0.302. The highest BCUT2D eigenvalue weighted by Gasteiger charge is 2.56. The van der Waals surface area contributed by atoms with E-state index in [1.807, 2.05) is 0 Å². The molecule has 42 heavy (non-hydrogen) atoms. The van der Waals surface area contributed by atoms with Gasteiger partial charge in [0.05, 0.1) is 22.1 Å². The van der Waals surface area contributed by atoms with E-state index in [-0.39, 0.29) is 61.7 Å². The lowest BCUT2D eigenvalue weighted by molar-refractivity contribution is -0.183. The molecule has 2 aliphatic heterocycles. The van der Waals surface area contributed by atoms with Gasteiger partial charge in [-0.05, 0) is 56.9 Å². The predicted octanol–water partition coefficient (Wildman–Crippen LogP) is 5.82. The molecule has 2 aliphatic rings. The largest absolute Gasteiger partial charge is 0.405 e. The number of benzene rings is 1. The number of hydrogen-bond donors (Lipinski definition) is 0. The number of carbonyl (C=O) groups excluding carboxylic acids is 1. The molecule has 2 atom stereocenters. The van der Waals surface area contributed by atoms with Crippen LogP contribution in [0.1, 0.15) is 58.1 Å². The van der Waals surface area contributed by atoms with Crippen molar-refractivity contribution in [2.24, 2.45) is 0 Å². The monoisotopic (exact) mass is 647 g/mol. The van der Waals surface area contributed by atoms with Crippen LogP contribution in [0.3, 0.4) is 0 Å². The number of rotatable bonds is 7. The molecular formula is C27H30ClF4N5O3S2. The topological polar surface area (TPSA) is 78.8 Å². The first kappa shape index (κ1) is 30.9. The van der Waals surface area contributed by atoms with Gasteiger partial charge in [-0.1, -0.05) is 23.7 Å². The zero-order chi connectivity index (χ0) is 30.4. The maximum Gasteiger partial charge on any atom is 0.405 e. The van der Waals surface area contributed by atoms with Gasteiger partial charge in [0.1, 0.15) is 17.7 Å². The number of halogens is 5. The maximum atomic E-state index is 14.8. The van der Waals surface area contributed by atoms with Crippen molar-refractivity contribution in [2.75, 3.05) is 31.6 Å². The molecule has 8 nitrogen and oxygen atoms in total. The Labute approximate surface area is 250 Å². The molecule has 0 radical (unpaired) electrons. The van der Waals surface area contributed by atoms with E-state index in [4.69, 9.17) is 11.6 Å². The van der Waals surface area contributed by atoms with E-state index in [1.165, 1.54) is 29.5 Å². The molecule has 2 aromatic heterocycles. The van der Waals surface area contributed by atoms with Crippen LogP contribution >= 0.6 is 22.9 Å². The van der Waals surface area contributed by atoms with Crippen molar-refractivity contribution in [2.45, 2.75) is 57.3 Å². The van der Waals surface area contributed by atoms with E-state index in [0.717, 1.165) is 19.9 Å². The lowest BCUT2D eigenvalue weighted by Gasteiger charge is -2.42. The van der Waals surface area contributed by atoms with Crippen LogP contribution in [-0.4, -0.2) is 71.6 Å². The van der Waals surface area contributed by atoms with Gasteiger partial charge >= 0.3 is 6.18 Å². The van der Waals surface area contributed by atoms with Crippen LogP contribution in [0.4, 0.5) is 23.4 Å². The zero-order valence-electron chi connectivity index (χ0n) is 22.9. The highest BCUT2D eigenvalue weighted by Crippen LogP contribution is 2.45. The number of nitrogens with zero attached hydrogens (tertiary/aromatic N) is 5. The summed E-state index contributed by atoms with van der Waals surface area (Å²) in [6.07, 6.45) is -3.56. The van der Waals surface area contributed by atoms with Gasteiger partial charge < -0.3 is 4.90 Å². The molecule has 3 aromatic rings. The molecule has 0 bridgehead atoms. The molecule has 0 N–H and O–H groups in total. The minimum Gasteiger partial charge on any atom is -0.354 e. The first-order valence-electron chi connectivity index (χ1n) is 13.5. The molecule has 15 heteroatoms. The number of thiophene rings is 1. The smallest absolute Gasteiger partial charge is 0.354 e. The van der Waals surface area contributed by atoms with E-state index >= 15 is 0 Å². The van der Waals surface area contributed by atoms with Crippen molar-refractivity contribution in [3.63, 3.8) is 0 Å². The fraction of sp³-hybridized carbons (Fsp3) is 0.481. The summed E-state index contributed by atoms with van der Waals surface area (Å²) >= 11 is 7.39. The second-order valence-electron chi connectivity index (χ2n) is 10.6. The van der Waals surface area contributed by atoms with Crippen molar-refractivity contribution in [3.8, 4) is 0 Å². The van der Waals surface area contributed by atoms with Gasteiger partial charge in [0.25, 0.3) is 16.1 Å². The Hall–Kier alpha value is -2.52. The van der Waals surface area contributed by atoms with Gasteiger partial charge in [-0.3, -0.25) is 4.79 Å². The van der Waals surface area contributed by atoms with E-state index in [0.29, 0.717) is 21.5 Å². The number of piperidine rings is 1. The van der Waals surface area contributed by atoms with Crippen LogP contribution in [0.2, 0.25) is 4.34 Å². The molecule has 4 heterocycles. The molecule has 5 rings (SSSR count). The zero-order valence-corrected chi connectivity index (χ0v) is 25.3. The molecular weight excluding hydrogens is 618 g/mol. The van der Waals surface area contributed by atoms with E-state index in [9.17, 15) is 30.8 Å². The van der Waals surface area contributed by atoms with Crippen LogP contribution in [-0.2, 0) is 16.8 Å². The third-order valence-electron chi connectivity index (χ3n) is 7.77. The van der Waals surface area contributed by atoms with Crippen LogP contribution < -0.4 is 4.90 Å². The average Bonchev–Trinajstić information content (AvgIpc) is 3.68. The third kappa shape index (κ3) is 5.83. The van der Waals surface area contributed by atoms with Crippen LogP contribution in [0, 0.1) is 12.7 Å². The van der Waals surface area contributed by atoms with Gasteiger partial charge in [0.15, 0.2) is 0 Å². The second kappa shape index (κ2) is 11.9.